The Morgan fingerprint density at radius 2 is 1.60 bits per heavy atom. The Hall–Kier alpha value is -6.03. The van der Waals surface area contributed by atoms with Gasteiger partial charge in [-0.05, 0) is 68.5 Å². The minimum atomic E-state index is -4.76. The van der Waals surface area contributed by atoms with Gasteiger partial charge >= 0.3 is 12.1 Å². The van der Waals surface area contributed by atoms with E-state index in [-0.39, 0.29) is 53.7 Å². The number of carbonyl (C=O) groups excluding carboxylic acids is 3. The second-order valence-corrected chi connectivity index (χ2v) is 11.3. The fraction of sp³-hybridized carbons (Fsp3) is 0.250. The van der Waals surface area contributed by atoms with Crippen LogP contribution in [0.3, 0.4) is 0 Å². The van der Waals surface area contributed by atoms with Crippen LogP contribution in [0.5, 0.6) is 5.75 Å². The number of nitrogens with zero attached hydrogens (tertiary/aromatic N) is 1. The van der Waals surface area contributed by atoms with Crippen LogP contribution in [0, 0.1) is 5.82 Å². The van der Waals surface area contributed by atoms with E-state index in [2.05, 4.69) is 20.9 Å². The van der Waals surface area contributed by atoms with E-state index in [4.69, 9.17) is 9.84 Å². The Bertz CT molecular complexity index is 1930. The van der Waals surface area contributed by atoms with Gasteiger partial charge in [-0.3, -0.25) is 24.0 Å². The maximum atomic E-state index is 14.9. The Morgan fingerprint density at radius 1 is 0.904 bits per heavy atom. The van der Waals surface area contributed by atoms with E-state index < -0.39 is 41.8 Å². The number of hydrogen-bond acceptors (Lipinski definition) is 7. The molecule has 1 aromatic heterocycles. The van der Waals surface area contributed by atoms with Crippen LogP contribution in [0.2, 0.25) is 0 Å². The molecular formula is C36H37F4N5O7. The number of carboxylic acids is 1. The fourth-order valence-corrected chi connectivity index (χ4v) is 4.53. The first-order chi connectivity index (χ1) is 24.6. The number of anilines is 1. The Labute approximate surface area is 295 Å². The number of ether oxygens (including phenoxy) is 1. The van der Waals surface area contributed by atoms with Gasteiger partial charge in [0.25, 0.3) is 17.4 Å². The lowest BCUT2D eigenvalue weighted by atomic mass is 10.0. The second-order valence-electron chi connectivity index (χ2n) is 11.3. The lowest BCUT2D eigenvalue weighted by Crippen LogP contribution is -2.31. The number of pyridine rings is 1. The molecule has 0 aliphatic carbocycles. The maximum Gasteiger partial charge on any atom is 0.416 e. The Kier molecular flexibility index (Phi) is 14.6. The van der Waals surface area contributed by atoms with Crippen molar-refractivity contribution >= 4 is 29.4 Å². The molecule has 4 aromatic rings. The average Bonchev–Trinajstić information content (AvgIpc) is 3.08. The molecule has 16 heteroatoms. The molecule has 5 N–H and O–H groups in total. The number of amides is 3. The monoisotopic (exact) mass is 727 g/mol. The lowest BCUT2D eigenvalue weighted by Gasteiger charge is -2.14. The van der Waals surface area contributed by atoms with Gasteiger partial charge in [0, 0.05) is 47.7 Å². The summed E-state index contributed by atoms with van der Waals surface area (Å²) in [6.45, 7) is 2.36. The van der Waals surface area contributed by atoms with E-state index in [0.29, 0.717) is 35.4 Å². The highest BCUT2D eigenvalue weighted by atomic mass is 19.4. The summed E-state index contributed by atoms with van der Waals surface area (Å²) in [7, 11) is 3.56. The van der Waals surface area contributed by atoms with Crippen molar-refractivity contribution in [3.05, 3.63) is 117 Å². The van der Waals surface area contributed by atoms with Crippen molar-refractivity contribution < 1.29 is 46.6 Å². The van der Waals surface area contributed by atoms with Crippen molar-refractivity contribution in [3.8, 4) is 16.9 Å². The van der Waals surface area contributed by atoms with E-state index in [9.17, 15) is 41.5 Å². The first-order valence-corrected chi connectivity index (χ1v) is 15.7. The van der Waals surface area contributed by atoms with Gasteiger partial charge in [-0.2, -0.15) is 13.2 Å². The highest BCUT2D eigenvalue weighted by Gasteiger charge is 2.32. The van der Waals surface area contributed by atoms with Crippen LogP contribution in [-0.2, 0) is 22.2 Å². The number of carboxylic acid groups (broad SMARTS) is 1. The molecular weight excluding hydrogens is 690 g/mol. The zero-order chi connectivity index (χ0) is 38.4. The number of H-pyrrole nitrogens is 1. The SMILES string of the molecule is CCOc1cc(=O)[nH]cc1-c1ccc(CC(=O)Nc2cc(C(=O)NCCN(C)C)cc(C(F)(F)F)c2)c(F)c1.O=C(O)CNC(=O)c1ccccc1. The topological polar surface area (TPSA) is 170 Å². The zero-order valence-corrected chi connectivity index (χ0v) is 28.4. The summed E-state index contributed by atoms with van der Waals surface area (Å²) in [5.74, 6) is -3.40. The van der Waals surface area contributed by atoms with E-state index in [1.54, 1.807) is 56.3 Å². The molecule has 1 heterocycles. The van der Waals surface area contributed by atoms with Gasteiger partial charge in [0.2, 0.25) is 5.91 Å². The van der Waals surface area contributed by atoms with Gasteiger partial charge in [0.15, 0.2) is 0 Å². The normalized spacial score (nSPS) is 10.8. The first kappa shape index (κ1) is 40.4. The molecule has 0 aliphatic heterocycles. The fourth-order valence-electron chi connectivity index (χ4n) is 4.53. The lowest BCUT2D eigenvalue weighted by molar-refractivity contribution is -0.138. The highest BCUT2D eigenvalue weighted by Crippen LogP contribution is 2.33. The number of carbonyl (C=O) groups is 4. The van der Waals surface area contributed by atoms with Crippen LogP contribution in [0.15, 0.2) is 83.8 Å². The molecule has 0 bridgehead atoms. The number of rotatable bonds is 13. The molecule has 0 aliphatic rings. The van der Waals surface area contributed by atoms with Crippen molar-refractivity contribution in [1.82, 2.24) is 20.5 Å². The summed E-state index contributed by atoms with van der Waals surface area (Å²) in [5.41, 5.74) is -0.749. The third-order valence-corrected chi connectivity index (χ3v) is 6.99. The van der Waals surface area contributed by atoms with Crippen molar-refractivity contribution in [2.45, 2.75) is 19.5 Å². The molecule has 12 nitrogen and oxygen atoms in total. The molecule has 4 rings (SSSR count). The number of aliphatic carboxylic acids is 1. The molecule has 0 fully saturated rings. The molecule has 276 valence electrons. The van der Waals surface area contributed by atoms with E-state index in [0.717, 1.165) is 6.07 Å². The van der Waals surface area contributed by atoms with Gasteiger partial charge < -0.3 is 35.7 Å². The number of aromatic nitrogens is 1. The first-order valence-electron chi connectivity index (χ1n) is 15.7. The van der Waals surface area contributed by atoms with Crippen LogP contribution in [0.4, 0.5) is 23.2 Å². The smallest absolute Gasteiger partial charge is 0.416 e. The predicted octanol–water partition coefficient (Wildman–Crippen LogP) is 4.57. The number of benzene rings is 3. The predicted molar refractivity (Wildman–Crippen MR) is 185 cm³/mol. The standard InChI is InChI=1S/C27H28F4N4O4.C9H9NO3/c1-4-39-23-14-24(36)33-15-21(23)16-5-6-17(22(28)11-16)12-25(37)34-20-10-18(9-19(13-20)27(29,30)31)26(38)32-7-8-35(2)3;11-8(12)6-10-9(13)7-4-2-1-3-5-7/h5-6,9-11,13-15H,4,7-8,12H2,1-3H3,(H,32,38)(H,33,36)(H,34,37);1-5H,6H2,(H,10,13)(H,11,12). The van der Waals surface area contributed by atoms with Gasteiger partial charge in [-0.15, -0.1) is 0 Å². The van der Waals surface area contributed by atoms with Gasteiger partial charge in [-0.1, -0.05) is 30.3 Å². The van der Waals surface area contributed by atoms with Crippen molar-refractivity contribution in [2.75, 3.05) is 45.7 Å². The molecule has 0 radical (unpaired) electrons. The van der Waals surface area contributed by atoms with E-state index in [1.807, 2.05) is 0 Å². The summed E-state index contributed by atoms with van der Waals surface area (Å²) >= 11 is 0. The van der Waals surface area contributed by atoms with E-state index in [1.165, 1.54) is 30.5 Å². The zero-order valence-electron chi connectivity index (χ0n) is 28.4. The van der Waals surface area contributed by atoms with Crippen molar-refractivity contribution in [1.29, 1.82) is 0 Å². The molecule has 0 saturated carbocycles. The van der Waals surface area contributed by atoms with Crippen LogP contribution < -0.4 is 26.2 Å². The van der Waals surface area contributed by atoms with Gasteiger partial charge in [0.05, 0.1) is 18.6 Å². The van der Waals surface area contributed by atoms with Gasteiger partial charge in [-0.25, -0.2) is 4.39 Å². The van der Waals surface area contributed by atoms with Crippen LogP contribution in [0.25, 0.3) is 11.1 Å². The van der Waals surface area contributed by atoms with E-state index >= 15 is 0 Å². The van der Waals surface area contributed by atoms with Crippen molar-refractivity contribution in [2.24, 2.45) is 0 Å². The average molecular weight is 728 g/mol. The maximum absolute atomic E-state index is 14.9. The summed E-state index contributed by atoms with van der Waals surface area (Å²) in [6.07, 6.45) is -3.85. The number of halogens is 4. The van der Waals surface area contributed by atoms with Crippen LogP contribution in [0.1, 0.15) is 38.8 Å². The molecule has 0 atom stereocenters. The summed E-state index contributed by atoms with van der Waals surface area (Å²) in [4.78, 5) is 62.3. The Balaban J connectivity index is 0.000000471. The largest absolute Gasteiger partial charge is 0.493 e. The van der Waals surface area contributed by atoms with Crippen molar-refractivity contribution in [3.63, 3.8) is 0 Å². The third kappa shape index (κ3) is 12.7. The summed E-state index contributed by atoms with van der Waals surface area (Å²) in [6, 6.07) is 16.3. The summed E-state index contributed by atoms with van der Waals surface area (Å²) < 4.78 is 60.7. The third-order valence-electron chi connectivity index (χ3n) is 6.99. The molecule has 0 saturated heterocycles. The molecule has 3 aromatic carbocycles. The molecule has 0 spiro atoms. The number of likely N-dealkylation sites (N-methyl/N-ethyl adjacent to an activating group) is 1. The van der Waals surface area contributed by atoms with Gasteiger partial charge in [0.1, 0.15) is 18.1 Å². The Morgan fingerprint density at radius 3 is 2.21 bits per heavy atom. The molecule has 0 unspecified atom stereocenters. The quantitative estimate of drug-likeness (QED) is 0.125. The number of aromatic amines is 1. The second kappa shape index (κ2) is 18.8. The minimum absolute atomic E-state index is 0.00716. The molecule has 3 amide bonds. The van der Waals surface area contributed by atoms with Crippen LogP contribution in [-0.4, -0.2) is 79.0 Å². The highest BCUT2D eigenvalue weighted by molar-refractivity contribution is 5.98. The molecule has 52 heavy (non-hydrogen) atoms. The van der Waals surface area contributed by atoms with Crippen LogP contribution >= 0.6 is 0 Å². The minimum Gasteiger partial charge on any atom is -0.493 e. The number of hydrogen-bond donors (Lipinski definition) is 5. The number of nitrogens with one attached hydrogen (secondary N) is 4. The number of alkyl halides is 3. The summed E-state index contributed by atoms with van der Waals surface area (Å²) in [5, 5.41) is 15.4.